The van der Waals surface area contributed by atoms with Gasteiger partial charge in [-0.15, -0.1) is 0 Å². The number of carbonyl (C=O) groups excluding carboxylic acids is 2. The highest BCUT2D eigenvalue weighted by atomic mass is 16.4. The standard InChI is InChI=1S/C25H25N3O7/c29-20-9-19-10-26(21(30)15-3-1-5-17(7-15)23(32)33)12-25(28(19)11-20)13-27(14-25)22(31)16-4-2-6-18(8-16)24(34)35/h1-8,19-20,29H,9-14H2,(H,32,33)(H,34,35)/t19-,20-/m1/s1. The summed E-state index contributed by atoms with van der Waals surface area (Å²) in [7, 11) is 0. The summed E-state index contributed by atoms with van der Waals surface area (Å²) in [6.45, 7) is 1.88. The number of carbonyl (C=O) groups is 4. The molecule has 2 atom stereocenters. The number of hydrogen-bond acceptors (Lipinski definition) is 6. The number of aromatic carboxylic acids is 2. The average Bonchev–Trinajstić information content (AvgIpc) is 3.21. The van der Waals surface area contributed by atoms with Gasteiger partial charge in [0.1, 0.15) is 0 Å². The van der Waals surface area contributed by atoms with E-state index in [0.29, 0.717) is 39.1 Å². The molecule has 0 radical (unpaired) electrons. The van der Waals surface area contributed by atoms with Gasteiger partial charge < -0.3 is 25.1 Å². The summed E-state index contributed by atoms with van der Waals surface area (Å²) in [5.41, 5.74) is 0.105. The highest BCUT2D eigenvalue weighted by Crippen LogP contribution is 2.40. The molecule has 0 saturated carbocycles. The molecule has 3 aliphatic heterocycles. The van der Waals surface area contributed by atoms with Crippen LogP contribution in [0.3, 0.4) is 0 Å². The summed E-state index contributed by atoms with van der Waals surface area (Å²) in [6.07, 6.45) is -0.0192. The van der Waals surface area contributed by atoms with Crippen molar-refractivity contribution < 1.29 is 34.5 Å². The van der Waals surface area contributed by atoms with E-state index in [1.165, 1.54) is 36.4 Å². The molecular weight excluding hydrogens is 454 g/mol. The van der Waals surface area contributed by atoms with Crippen LogP contribution in [0.15, 0.2) is 48.5 Å². The molecule has 3 N–H and O–H groups in total. The van der Waals surface area contributed by atoms with Gasteiger partial charge in [-0.2, -0.15) is 0 Å². The number of benzene rings is 2. The second-order valence-electron chi connectivity index (χ2n) is 9.54. The van der Waals surface area contributed by atoms with Crippen molar-refractivity contribution in [1.29, 1.82) is 0 Å². The Bertz CT molecular complexity index is 1220. The first-order valence-corrected chi connectivity index (χ1v) is 11.4. The number of carboxylic acids is 2. The van der Waals surface area contributed by atoms with Crippen LogP contribution in [0.1, 0.15) is 47.9 Å². The third-order valence-electron chi connectivity index (χ3n) is 7.18. The molecule has 3 aliphatic rings. The van der Waals surface area contributed by atoms with Crippen molar-refractivity contribution in [2.45, 2.75) is 24.1 Å². The minimum Gasteiger partial charge on any atom is -0.478 e. The quantitative estimate of drug-likeness (QED) is 0.587. The SMILES string of the molecule is O=C(O)c1cccc(C(=O)N2C[C@H]3C[C@@H](O)CN3C3(C2)CN(C(=O)c2cccc(C(=O)O)c2)C3)c1. The van der Waals surface area contributed by atoms with Crippen LogP contribution < -0.4 is 0 Å². The number of nitrogens with zero attached hydrogens (tertiary/aromatic N) is 3. The van der Waals surface area contributed by atoms with Gasteiger partial charge in [-0.05, 0) is 42.8 Å². The van der Waals surface area contributed by atoms with E-state index >= 15 is 0 Å². The molecule has 0 bridgehead atoms. The van der Waals surface area contributed by atoms with Crippen molar-refractivity contribution in [3.8, 4) is 0 Å². The second kappa shape index (κ2) is 8.47. The number of hydrogen-bond donors (Lipinski definition) is 3. The number of β-amino-alcohol motifs (C(OH)–C–C–N with tert-alkyl or cyclic N) is 1. The second-order valence-corrected chi connectivity index (χ2v) is 9.54. The minimum atomic E-state index is -1.11. The lowest BCUT2D eigenvalue weighted by molar-refractivity contribution is -0.0917. The monoisotopic (exact) mass is 479 g/mol. The molecule has 3 heterocycles. The van der Waals surface area contributed by atoms with E-state index in [4.69, 9.17) is 0 Å². The lowest BCUT2D eigenvalue weighted by atomic mass is 9.83. The van der Waals surface area contributed by atoms with Crippen LogP contribution in [-0.4, -0.2) is 104 Å². The number of aliphatic hydroxyl groups is 1. The first kappa shape index (κ1) is 23.0. The molecule has 3 fully saturated rings. The van der Waals surface area contributed by atoms with Crippen molar-refractivity contribution in [2.24, 2.45) is 0 Å². The van der Waals surface area contributed by atoms with E-state index in [-0.39, 0.29) is 40.1 Å². The van der Waals surface area contributed by atoms with Crippen LogP contribution in [0.5, 0.6) is 0 Å². The Kier molecular flexibility index (Phi) is 5.57. The van der Waals surface area contributed by atoms with Gasteiger partial charge in [0.15, 0.2) is 0 Å². The number of fused-ring (bicyclic) bond motifs is 2. The largest absolute Gasteiger partial charge is 0.478 e. The molecule has 2 amide bonds. The smallest absolute Gasteiger partial charge is 0.335 e. The van der Waals surface area contributed by atoms with E-state index in [0.717, 1.165) is 0 Å². The van der Waals surface area contributed by atoms with Gasteiger partial charge in [0, 0.05) is 49.9 Å². The fourth-order valence-corrected chi connectivity index (χ4v) is 5.59. The Labute approximate surface area is 201 Å². The van der Waals surface area contributed by atoms with Crippen molar-refractivity contribution in [3.63, 3.8) is 0 Å². The third-order valence-corrected chi connectivity index (χ3v) is 7.18. The normalized spacial score (nSPS) is 23.0. The number of carboxylic acid groups (broad SMARTS) is 2. The molecule has 0 aliphatic carbocycles. The predicted octanol–water partition coefficient (Wildman–Crippen LogP) is 0.869. The van der Waals surface area contributed by atoms with Gasteiger partial charge in [0.05, 0.1) is 22.8 Å². The average molecular weight is 479 g/mol. The van der Waals surface area contributed by atoms with Crippen molar-refractivity contribution >= 4 is 23.8 Å². The zero-order valence-corrected chi connectivity index (χ0v) is 18.8. The van der Waals surface area contributed by atoms with Gasteiger partial charge in [-0.25, -0.2) is 9.59 Å². The number of piperazine rings is 1. The molecule has 3 saturated heterocycles. The molecule has 1 spiro atoms. The van der Waals surface area contributed by atoms with Crippen LogP contribution >= 0.6 is 0 Å². The molecule has 5 rings (SSSR count). The summed E-state index contributed by atoms with van der Waals surface area (Å²) in [6, 6.07) is 11.7. The first-order chi connectivity index (χ1) is 16.7. The summed E-state index contributed by atoms with van der Waals surface area (Å²) < 4.78 is 0. The summed E-state index contributed by atoms with van der Waals surface area (Å²) in [4.78, 5) is 54.5. The fraction of sp³-hybridized carbons (Fsp3) is 0.360. The summed E-state index contributed by atoms with van der Waals surface area (Å²) >= 11 is 0. The summed E-state index contributed by atoms with van der Waals surface area (Å²) in [5, 5.41) is 28.8. The Hall–Kier alpha value is -3.76. The van der Waals surface area contributed by atoms with E-state index in [9.17, 15) is 34.5 Å². The van der Waals surface area contributed by atoms with Crippen molar-refractivity contribution in [3.05, 3.63) is 70.8 Å². The molecule has 2 aromatic rings. The lowest BCUT2D eigenvalue weighted by Crippen LogP contribution is -2.79. The van der Waals surface area contributed by atoms with E-state index < -0.39 is 23.6 Å². The zero-order chi connectivity index (χ0) is 24.9. The van der Waals surface area contributed by atoms with Gasteiger partial charge in [-0.1, -0.05) is 12.1 Å². The molecule has 10 nitrogen and oxygen atoms in total. The molecule has 0 aromatic heterocycles. The van der Waals surface area contributed by atoms with Crippen LogP contribution in [0.4, 0.5) is 0 Å². The highest BCUT2D eigenvalue weighted by Gasteiger charge is 2.57. The maximum absolute atomic E-state index is 13.3. The van der Waals surface area contributed by atoms with Crippen molar-refractivity contribution in [2.75, 3.05) is 32.7 Å². The van der Waals surface area contributed by atoms with E-state index in [2.05, 4.69) is 4.90 Å². The van der Waals surface area contributed by atoms with Gasteiger partial charge in [0.25, 0.3) is 11.8 Å². The molecule has 35 heavy (non-hydrogen) atoms. The van der Waals surface area contributed by atoms with Crippen LogP contribution in [0, 0.1) is 0 Å². The topological polar surface area (TPSA) is 139 Å². The number of likely N-dealkylation sites (tertiary alicyclic amines) is 1. The van der Waals surface area contributed by atoms with E-state index in [1.807, 2.05) is 0 Å². The van der Waals surface area contributed by atoms with Crippen LogP contribution in [0.2, 0.25) is 0 Å². The first-order valence-electron chi connectivity index (χ1n) is 11.4. The molecular formula is C25H25N3O7. The Morgan fingerprint density at radius 1 is 0.743 bits per heavy atom. The van der Waals surface area contributed by atoms with Gasteiger partial charge >= 0.3 is 11.9 Å². The maximum Gasteiger partial charge on any atom is 0.335 e. The minimum absolute atomic E-state index is 0.0319. The Morgan fingerprint density at radius 3 is 1.77 bits per heavy atom. The zero-order valence-electron chi connectivity index (χ0n) is 18.8. The lowest BCUT2D eigenvalue weighted by Gasteiger charge is -2.60. The van der Waals surface area contributed by atoms with Gasteiger partial charge in [-0.3, -0.25) is 14.5 Å². The van der Waals surface area contributed by atoms with Gasteiger partial charge in [0.2, 0.25) is 0 Å². The van der Waals surface area contributed by atoms with Crippen LogP contribution in [0.25, 0.3) is 0 Å². The number of amides is 2. The number of rotatable bonds is 4. The highest BCUT2D eigenvalue weighted by molar-refractivity contribution is 5.99. The molecule has 0 unspecified atom stereocenters. The van der Waals surface area contributed by atoms with Crippen LogP contribution in [-0.2, 0) is 0 Å². The summed E-state index contributed by atoms with van der Waals surface area (Å²) in [5.74, 6) is -2.79. The fourth-order valence-electron chi connectivity index (χ4n) is 5.59. The van der Waals surface area contributed by atoms with Crippen molar-refractivity contribution in [1.82, 2.24) is 14.7 Å². The number of aliphatic hydroxyl groups excluding tert-OH is 1. The molecule has 10 heteroatoms. The Morgan fingerprint density at radius 2 is 1.23 bits per heavy atom. The van der Waals surface area contributed by atoms with E-state index in [1.54, 1.807) is 21.9 Å². The molecule has 2 aromatic carbocycles. The predicted molar refractivity (Wildman–Crippen MR) is 122 cm³/mol. The maximum atomic E-state index is 13.3. The Balaban J connectivity index is 1.37. The molecule has 182 valence electrons. The third kappa shape index (κ3) is 4.04.